The van der Waals surface area contributed by atoms with Crippen LogP contribution in [-0.2, 0) is 17.8 Å². The number of ketones is 2. The van der Waals surface area contributed by atoms with Gasteiger partial charge in [0.05, 0.1) is 29.1 Å². The Kier molecular flexibility index (Phi) is 8.17. The Balaban J connectivity index is 1.32. The lowest BCUT2D eigenvalue weighted by Crippen LogP contribution is -2.33. The Morgan fingerprint density at radius 1 is 0.886 bits per heavy atom. The van der Waals surface area contributed by atoms with Gasteiger partial charge in [0.25, 0.3) is 0 Å². The molecule has 6 aromatic rings. The van der Waals surface area contributed by atoms with Gasteiger partial charge >= 0.3 is 0 Å². The second kappa shape index (κ2) is 12.0. The van der Waals surface area contributed by atoms with Crippen LogP contribution >= 0.6 is 66.7 Å². The summed E-state index contributed by atoms with van der Waals surface area (Å²) in [4.78, 5) is 28.2. The van der Waals surface area contributed by atoms with Crippen molar-refractivity contribution < 1.29 is 14.3 Å². The third-order valence-corrected chi connectivity index (χ3v) is 11.9. The second-order valence-electron chi connectivity index (χ2n) is 10.6. The van der Waals surface area contributed by atoms with Crippen LogP contribution in [0.15, 0.2) is 67.8 Å². The first-order valence-corrected chi connectivity index (χ1v) is 18.2. The maximum Gasteiger partial charge on any atom is 0.245 e. The summed E-state index contributed by atoms with van der Waals surface area (Å²) in [6, 6.07) is 14.7. The molecule has 0 bridgehead atoms. The van der Waals surface area contributed by atoms with E-state index in [2.05, 4.69) is 66.1 Å². The number of ether oxygens (including phenoxy) is 1. The molecule has 7 rings (SSSR count). The van der Waals surface area contributed by atoms with Crippen molar-refractivity contribution in [2.45, 2.75) is 49.2 Å². The molecule has 0 amide bonds. The zero-order chi connectivity index (χ0) is 30.6. The van der Waals surface area contributed by atoms with Gasteiger partial charge in [-0.2, -0.15) is 0 Å². The van der Waals surface area contributed by atoms with Gasteiger partial charge in [-0.25, -0.2) is 8.80 Å². The summed E-state index contributed by atoms with van der Waals surface area (Å²) < 4.78 is 12.0. The Morgan fingerprint density at radius 2 is 1.45 bits per heavy atom. The fraction of sp³-hybridized carbons (Fsp3) is 0.267. The Morgan fingerprint density at radius 3 is 2.05 bits per heavy atom. The van der Waals surface area contributed by atoms with Gasteiger partial charge in [-0.3, -0.25) is 9.59 Å². The molecule has 0 aliphatic carbocycles. The van der Waals surface area contributed by atoms with Crippen LogP contribution in [-0.4, -0.2) is 57.9 Å². The summed E-state index contributed by atoms with van der Waals surface area (Å²) in [6.45, 7) is 4.79. The molecular weight excluding hydrogens is 748 g/mol. The van der Waals surface area contributed by atoms with Gasteiger partial charge in [-0.15, -0.1) is 31.7 Å². The number of Topliss-reactive ketones (excluding diaryl/α,β-unsaturated/α-hetero) is 2. The molecule has 4 aromatic heterocycles. The molecule has 0 N–H and O–H groups in total. The number of thiophene rings is 1. The van der Waals surface area contributed by atoms with Crippen molar-refractivity contribution >= 4 is 99.9 Å². The van der Waals surface area contributed by atoms with Crippen molar-refractivity contribution in [1.29, 1.82) is 0 Å². The Hall–Kier alpha value is -2.62. The first-order chi connectivity index (χ1) is 21.2. The SMILES string of the molecule is CCC1(C)Cc2c(sc3c2c2nnc(SCC(=O)c4ccc(Br)cc4)n2c2nnc(SCC(=O)c4ccc(Br)cc4)n32)CO1. The number of benzene rings is 2. The van der Waals surface area contributed by atoms with E-state index in [0.717, 1.165) is 36.9 Å². The predicted octanol–water partition coefficient (Wildman–Crippen LogP) is 7.70. The average molecular weight is 773 g/mol. The summed E-state index contributed by atoms with van der Waals surface area (Å²) in [5.74, 6) is 0.918. The van der Waals surface area contributed by atoms with Crippen LogP contribution in [0.2, 0.25) is 0 Å². The van der Waals surface area contributed by atoms with Crippen LogP contribution in [0.4, 0.5) is 0 Å². The molecule has 1 atom stereocenters. The van der Waals surface area contributed by atoms with Crippen LogP contribution in [0.1, 0.15) is 51.4 Å². The van der Waals surface area contributed by atoms with Gasteiger partial charge < -0.3 is 4.74 Å². The molecule has 0 saturated carbocycles. The number of thioether (sulfide) groups is 2. The van der Waals surface area contributed by atoms with Crippen LogP contribution < -0.4 is 0 Å². The highest BCUT2D eigenvalue weighted by Crippen LogP contribution is 2.43. The molecule has 0 radical (unpaired) electrons. The first-order valence-electron chi connectivity index (χ1n) is 13.8. The van der Waals surface area contributed by atoms with Crippen LogP contribution in [0.5, 0.6) is 0 Å². The number of hydrogen-bond acceptors (Lipinski definition) is 10. The molecule has 0 saturated heterocycles. The third kappa shape index (κ3) is 5.43. The van der Waals surface area contributed by atoms with Gasteiger partial charge in [-0.05, 0) is 43.2 Å². The van der Waals surface area contributed by atoms with E-state index in [1.165, 1.54) is 29.1 Å². The van der Waals surface area contributed by atoms with Crippen molar-refractivity contribution in [3.8, 4) is 0 Å². The van der Waals surface area contributed by atoms with E-state index in [-0.39, 0.29) is 28.7 Å². The number of hydrogen-bond donors (Lipinski definition) is 0. The smallest absolute Gasteiger partial charge is 0.245 e. The summed E-state index contributed by atoms with van der Waals surface area (Å²) in [6.07, 6.45) is 1.62. The molecular formula is C30H24Br2N6O3S3. The number of carbonyl (C=O) groups is 2. The van der Waals surface area contributed by atoms with E-state index >= 15 is 0 Å². The minimum Gasteiger partial charge on any atom is -0.369 e. The van der Waals surface area contributed by atoms with Gasteiger partial charge in [0.15, 0.2) is 27.5 Å². The summed E-state index contributed by atoms with van der Waals surface area (Å²) >= 11 is 11.2. The van der Waals surface area contributed by atoms with Crippen molar-refractivity contribution in [2.24, 2.45) is 0 Å². The van der Waals surface area contributed by atoms with Crippen LogP contribution in [0, 0.1) is 0 Å². The summed E-state index contributed by atoms with van der Waals surface area (Å²) in [7, 11) is 0. The maximum atomic E-state index is 13.1. The van der Waals surface area contributed by atoms with E-state index in [9.17, 15) is 9.59 Å². The van der Waals surface area contributed by atoms with Crippen LogP contribution in [0.3, 0.4) is 0 Å². The normalized spacial score (nSPS) is 16.6. The molecule has 44 heavy (non-hydrogen) atoms. The number of carbonyl (C=O) groups excluding carboxylic acids is 2. The molecule has 5 heterocycles. The molecule has 224 valence electrons. The zero-order valence-corrected chi connectivity index (χ0v) is 29.2. The number of aromatic nitrogens is 6. The minimum atomic E-state index is -0.288. The van der Waals surface area contributed by atoms with E-state index in [4.69, 9.17) is 4.74 Å². The molecule has 1 aliphatic heterocycles. The van der Waals surface area contributed by atoms with Gasteiger partial charge in [-0.1, -0.05) is 86.6 Å². The molecule has 1 aliphatic rings. The fourth-order valence-corrected chi connectivity index (χ4v) is 8.62. The molecule has 9 nitrogen and oxygen atoms in total. The summed E-state index contributed by atoms with van der Waals surface area (Å²) in [5, 5.41) is 20.4. The number of rotatable bonds is 9. The Bertz CT molecular complexity index is 2070. The maximum absolute atomic E-state index is 13.1. The van der Waals surface area contributed by atoms with Crippen LogP contribution in [0.25, 0.3) is 21.6 Å². The lowest BCUT2D eigenvalue weighted by Gasteiger charge is -2.32. The van der Waals surface area contributed by atoms with Crippen molar-refractivity contribution in [3.05, 3.63) is 79.0 Å². The van der Waals surface area contributed by atoms with Gasteiger partial charge in [0, 0.05) is 31.4 Å². The zero-order valence-electron chi connectivity index (χ0n) is 23.5. The molecule has 14 heteroatoms. The highest BCUT2D eigenvalue weighted by Gasteiger charge is 2.34. The average Bonchev–Trinajstić information content (AvgIpc) is 3.74. The van der Waals surface area contributed by atoms with Gasteiger partial charge in [0.1, 0.15) is 4.83 Å². The fourth-order valence-electron chi connectivity index (χ4n) is 5.16. The van der Waals surface area contributed by atoms with Crippen molar-refractivity contribution in [3.63, 3.8) is 0 Å². The Labute approximate surface area is 281 Å². The highest BCUT2D eigenvalue weighted by molar-refractivity contribution is 9.10. The third-order valence-electron chi connectivity index (χ3n) is 7.80. The van der Waals surface area contributed by atoms with Gasteiger partial charge in [0.2, 0.25) is 5.78 Å². The van der Waals surface area contributed by atoms with E-state index < -0.39 is 0 Å². The second-order valence-corrected chi connectivity index (χ2v) is 15.4. The number of nitrogens with zero attached hydrogens (tertiary/aromatic N) is 6. The number of halogens is 2. The molecule has 0 spiro atoms. The lowest BCUT2D eigenvalue weighted by molar-refractivity contribution is -0.0542. The highest BCUT2D eigenvalue weighted by atomic mass is 79.9. The van der Waals surface area contributed by atoms with Crippen molar-refractivity contribution in [2.75, 3.05) is 11.5 Å². The number of fused-ring (bicyclic) bond motifs is 8. The lowest BCUT2D eigenvalue weighted by atomic mass is 9.90. The minimum absolute atomic E-state index is 0.00107. The first kappa shape index (κ1) is 30.1. The molecule has 0 fully saturated rings. The molecule has 1 unspecified atom stereocenters. The molecule has 2 aromatic carbocycles. The van der Waals surface area contributed by atoms with Crippen molar-refractivity contribution in [1.82, 2.24) is 29.2 Å². The van der Waals surface area contributed by atoms with E-state index in [1.807, 2.05) is 45.2 Å². The largest absolute Gasteiger partial charge is 0.369 e. The predicted molar refractivity (Wildman–Crippen MR) is 180 cm³/mol. The summed E-state index contributed by atoms with van der Waals surface area (Å²) in [5.41, 5.74) is 2.85. The van der Waals surface area contributed by atoms with E-state index in [0.29, 0.717) is 39.5 Å². The quantitative estimate of drug-likeness (QED) is 0.108. The standard InChI is InChI=1S/C30H24Br2N6O3S3/c1-3-30(2)12-20-23(13-41-30)44-26-24(20)25-33-35-28(42-14-21(39)16-4-8-18(31)9-5-16)37(25)27-34-36-29(38(26)27)43-15-22(40)17-6-10-19(32)11-7-17/h4-11H,3,12-15H2,1-2H3. The van der Waals surface area contributed by atoms with E-state index in [1.54, 1.807) is 23.5 Å². The topological polar surface area (TPSA) is 104 Å². The monoisotopic (exact) mass is 770 g/mol.